The Morgan fingerprint density at radius 3 is 2.84 bits per heavy atom. The van der Waals surface area contributed by atoms with E-state index in [0.29, 0.717) is 39.4 Å². The van der Waals surface area contributed by atoms with Crippen LogP contribution >= 0.6 is 11.8 Å². The minimum atomic E-state index is -0.449. The first-order valence-corrected chi connectivity index (χ1v) is 10.7. The molecule has 1 atom stereocenters. The third-order valence-electron chi connectivity index (χ3n) is 5.41. The van der Waals surface area contributed by atoms with Gasteiger partial charge in [-0.15, -0.1) is 0 Å². The Kier molecular flexibility index (Phi) is 4.90. The molecule has 0 bridgehead atoms. The lowest BCUT2D eigenvalue weighted by atomic mass is 9.86. The highest BCUT2D eigenvalue weighted by Crippen LogP contribution is 2.40. The van der Waals surface area contributed by atoms with E-state index in [1.165, 1.54) is 17.8 Å². The van der Waals surface area contributed by atoms with Gasteiger partial charge in [-0.2, -0.15) is 4.98 Å². The van der Waals surface area contributed by atoms with Gasteiger partial charge in [-0.1, -0.05) is 36.0 Å². The molecule has 3 heterocycles. The maximum Gasteiger partial charge on any atom is 0.279 e. The number of anilines is 1. The lowest BCUT2D eigenvalue weighted by Gasteiger charge is -2.27. The number of amides is 1. The summed E-state index contributed by atoms with van der Waals surface area (Å²) in [5, 5.41) is 3.21. The molecule has 158 valence electrons. The highest BCUT2D eigenvalue weighted by Gasteiger charge is 2.33. The van der Waals surface area contributed by atoms with E-state index in [4.69, 9.17) is 9.47 Å². The fourth-order valence-corrected chi connectivity index (χ4v) is 4.79. The zero-order valence-corrected chi connectivity index (χ0v) is 17.4. The summed E-state index contributed by atoms with van der Waals surface area (Å²) in [6.45, 7) is 0.145. The first-order valence-electron chi connectivity index (χ1n) is 9.68. The normalized spacial score (nSPS) is 16.7. The van der Waals surface area contributed by atoms with Crippen LogP contribution in [0.1, 0.15) is 29.0 Å². The van der Waals surface area contributed by atoms with Gasteiger partial charge in [-0.25, -0.2) is 4.39 Å². The molecule has 1 N–H and O–H groups in total. The van der Waals surface area contributed by atoms with Crippen LogP contribution < -0.4 is 20.3 Å². The van der Waals surface area contributed by atoms with Crippen molar-refractivity contribution < 1.29 is 18.7 Å². The Labute approximate surface area is 181 Å². The molecule has 0 saturated carbocycles. The van der Waals surface area contributed by atoms with E-state index in [-0.39, 0.29) is 24.9 Å². The SMILES string of the molecule is Cn1c(SCc2ccccc2F)nc(=O)c2c1NC(=O)CC2c1ccc2c(c1)OCO2. The van der Waals surface area contributed by atoms with Gasteiger partial charge >= 0.3 is 0 Å². The molecular formula is C22H18FN3O4S. The van der Waals surface area contributed by atoms with Gasteiger partial charge < -0.3 is 19.4 Å². The number of aromatic nitrogens is 2. The summed E-state index contributed by atoms with van der Waals surface area (Å²) in [6.07, 6.45) is 0.130. The summed E-state index contributed by atoms with van der Waals surface area (Å²) in [5.74, 6) is 0.994. The number of nitrogens with one attached hydrogen (secondary N) is 1. The number of carbonyl (C=O) groups is 1. The van der Waals surface area contributed by atoms with Gasteiger partial charge in [0.2, 0.25) is 12.7 Å². The van der Waals surface area contributed by atoms with E-state index in [9.17, 15) is 14.0 Å². The standard InChI is InChI=1S/C22H18FN3O4S/c1-26-20-19(21(28)25-22(26)31-10-13-4-2-3-5-15(13)23)14(9-18(27)24-20)12-6-7-16-17(8-12)30-11-29-16/h2-8,14H,9-11H2,1H3,(H,24,27). The van der Waals surface area contributed by atoms with Gasteiger partial charge in [0.1, 0.15) is 11.6 Å². The second kappa shape index (κ2) is 7.73. The van der Waals surface area contributed by atoms with Crippen LogP contribution in [0.25, 0.3) is 0 Å². The van der Waals surface area contributed by atoms with Crippen LogP contribution in [-0.4, -0.2) is 22.3 Å². The number of carbonyl (C=O) groups excluding carboxylic acids is 1. The number of hydrogen-bond donors (Lipinski definition) is 1. The molecule has 3 aromatic rings. The highest BCUT2D eigenvalue weighted by molar-refractivity contribution is 7.98. The van der Waals surface area contributed by atoms with Gasteiger partial charge in [0.25, 0.3) is 5.56 Å². The number of hydrogen-bond acceptors (Lipinski definition) is 6. The van der Waals surface area contributed by atoms with Crippen molar-refractivity contribution in [1.82, 2.24) is 9.55 Å². The monoisotopic (exact) mass is 439 g/mol. The predicted molar refractivity (Wildman–Crippen MR) is 113 cm³/mol. The van der Waals surface area contributed by atoms with Crippen LogP contribution in [0.2, 0.25) is 0 Å². The minimum absolute atomic E-state index is 0.130. The van der Waals surface area contributed by atoms with Crippen LogP contribution in [0, 0.1) is 5.82 Å². The van der Waals surface area contributed by atoms with Crippen LogP contribution in [-0.2, 0) is 17.6 Å². The number of halogens is 1. The predicted octanol–water partition coefficient (Wildman–Crippen LogP) is 3.41. The topological polar surface area (TPSA) is 82.5 Å². The molecule has 1 amide bonds. The van der Waals surface area contributed by atoms with E-state index in [1.54, 1.807) is 41.9 Å². The molecule has 0 spiro atoms. The molecule has 2 aromatic carbocycles. The number of benzene rings is 2. The summed E-state index contributed by atoms with van der Waals surface area (Å²) < 4.78 is 26.4. The lowest BCUT2D eigenvalue weighted by molar-refractivity contribution is -0.116. The number of nitrogens with zero attached hydrogens (tertiary/aromatic N) is 2. The van der Waals surface area contributed by atoms with Crippen molar-refractivity contribution in [2.24, 2.45) is 7.05 Å². The van der Waals surface area contributed by atoms with Gasteiger partial charge in [-0.05, 0) is 29.3 Å². The van der Waals surface area contributed by atoms with E-state index in [2.05, 4.69) is 10.3 Å². The first kappa shape index (κ1) is 19.6. The van der Waals surface area contributed by atoms with Crippen molar-refractivity contribution >= 4 is 23.5 Å². The average molecular weight is 439 g/mol. The number of ether oxygens (including phenoxy) is 2. The molecule has 0 aliphatic carbocycles. The molecule has 2 aliphatic heterocycles. The third kappa shape index (κ3) is 3.54. The summed E-state index contributed by atoms with van der Waals surface area (Å²) in [6, 6.07) is 11.9. The second-order valence-corrected chi connectivity index (χ2v) is 8.26. The Morgan fingerprint density at radius 2 is 2.00 bits per heavy atom. The maximum absolute atomic E-state index is 14.0. The zero-order chi connectivity index (χ0) is 21.5. The Balaban J connectivity index is 1.52. The molecule has 1 unspecified atom stereocenters. The third-order valence-corrected chi connectivity index (χ3v) is 6.49. The van der Waals surface area contributed by atoms with Gasteiger partial charge in [-0.3, -0.25) is 9.59 Å². The van der Waals surface area contributed by atoms with E-state index < -0.39 is 11.5 Å². The Morgan fingerprint density at radius 1 is 1.19 bits per heavy atom. The Hall–Kier alpha value is -3.33. The van der Waals surface area contributed by atoms with Crippen molar-refractivity contribution in [2.45, 2.75) is 23.2 Å². The van der Waals surface area contributed by atoms with Crippen LogP contribution in [0.3, 0.4) is 0 Å². The lowest BCUT2D eigenvalue weighted by Crippen LogP contribution is -2.33. The molecule has 9 heteroatoms. The van der Waals surface area contributed by atoms with Crippen LogP contribution in [0.5, 0.6) is 11.5 Å². The number of rotatable bonds is 4. The Bertz CT molecular complexity index is 1260. The fourth-order valence-electron chi connectivity index (χ4n) is 3.84. The summed E-state index contributed by atoms with van der Waals surface area (Å²) in [7, 11) is 1.73. The quantitative estimate of drug-likeness (QED) is 0.496. The minimum Gasteiger partial charge on any atom is -0.454 e. The molecule has 0 radical (unpaired) electrons. The fraction of sp³-hybridized carbons (Fsp3) is 0.227. The van der Waals surface area contributed by atoms with Gasteiger partial charge in [0, 0.05) is 25.1 Å². The summed E-state index contributed by atoms with van der Waals surface area (Å²) >= 11 is 1.24. The van der Waals surface area contributed by atoms with Crippen LogP contribution in [0.4, 0.5) is 10.2 Å². The largest absolute Gasteiger partial charge is 0.454 e. The average Bonchev–Trinajstić information content (AvgIpc) is 3.23. The number of thioether (sulfide) groups is 1. The first-order chi connectivity index (χ1) is 15.0. The second-order valence-electron chi connectivity index (χ2n) is 7.32. The van der Waals surface area contributed by atoms with Crippen molar-refractivity contribution in [1.29, 1.82) is 0 Å². The van der Waals surface area contributed by atoms with Gasteiger partial charge in [0.15, 0.2) is 16.7 Å². The van der Waals surface area contributed by atoms with E-state index in [0.717, 1.165) is 5.56 Å². The summed E-state index contributed by atoms with van der Waals surface area (Å²) in [4.78, 5) is 29.7. The molecule has 5 rings (SSSR count). The molecule has 31 heavy (non-hydrogen) atoms. The zero-order valence-electron chi connectivity index (χ0n) is 16.6. The van der Waals surface area contributed by atoms with Crippen molar-refractivity contribution in [2.75, 3.05) is 12.1 Å². The molecule has 7 nitrogen and oxygen atoms in total. The summed E-state index contributed by atoms with van der Waals surface area (Å²) in [5.41, 5.74) is 1.32. The molecule has 2 aliphatic rings. The molecule has 1 aromatic heterocycles. The number of fused-ring (bicyclic) bond motifs is 2. The maximum atomic E-state index is 14.0. The van der Waals surface area contributed by atoms with E-state index >= 15 is 0 Å². The molecular weight excluding hydrogens is 421 g/mol. The van der Waals surface area contributed by atoms with Crippen molar-refractivity contribution in [3.8, 4) is 11.5 Å². The van der Waals surface area contributed by atoms with Crippen molar-refractivity contribution in [3.63, 3.8) is 0 Å². The molecule has 0 saturated heterocycles. The highest BCUT2D eigenvalue weighted by atomic mass is 32.2. The smallest absolute Gasteiger partial charge is 0.279 e. The van der Waals surface area contributed by atoms with E-state index in [1.807, 2.05) is 6.07 Å². The molecule has 0 fully saturated rings. The van der Waals surface area contributed by atoms with Crippen LogP contribution in [0.15, 0.2) is 52.4 Å². The van der Waals surface area contributed by atoms with Crippen molar-refractivity contribution in [3.05, 3.63) is 75.3 Å². The van der Waals surface area contributed by atoms with Gasteiger partial charge in [0.05, 0.1) is 5.56 Å².